The van der Waals surface area contributed by atoms with Crippen molar-refractivity contribution in [2.75, 3.05) is 6.54 Å². The van der Waals surface area contributed by atoms with E-state index in [2.05, 4.69) is 31.3 Å². The van der Waals surface area contributed by atoms with Crippen molar-refractivity contribution in [2.24, 2.45) is 5.92 Å². The number of aromatic nitrogens is 4. The number of rotatable bonds is 7. The Hall–Kier alpha value is -2.19. The number of tetrazole rings is 1. The van der Waals surface area contributed by atoms with E-state index in [0.717, 1.165) is 0 Å². The number of carbonyl (C=O) groups excluding carboxylic acids is 1. The zero-order valence-corrected chi connectivity index (χ0v) is 10.0. The maximum absolute atomic E-state index is 11.3. The monoisotopic (exact) mass is 256 g/mol. The largest absolute Gasteiger partial charge is 0.481 e. The van der Waals surface area contributed by atoms with Gasteiger partial charge in [-0.2, -0.15) is 5.21 Å². The highest BCUT2D eigenvalue weighted by Gasteiger charge is 2.10. The molecule has 0 aliphatic heterocycles. The Balaban J connectivity index is 2.05. The molecule has 0 aliphatic rings. The zero-order chi connectivity index (χ0) is 13.4. The molecule has 1 heterocycles. The molecule has 0 radical (unpaired) electrons. The second kappa shape index (κ2) is 7.20. The fourth-order valence-electron chi connectivity index (χ4n) is 1.21. The topological polar surface area (TPSA) is 133 Å². The van der Waals surface area contributed by atoms with Crippen LogP contribution >= 0.6 is 0 Å². The van der Waals surface area contributed by atoms with Gasteiger partial charge in [0, 0.05) is 6.54 Å². The number of H-pyrrole nitrogens is 1. The number of aliphatic carboxylic acids is 1. The number of amides is 2. The number of nitrogens with one attached hydrogen (secondary N) is 3. The van der Waals surface area contributed by atoms with Gasteiger partial charge in [-0.1, -0.05) is 12.1 Å². The Morgan fingerprint density at radius 1 is 1.44 bits per heavy atom. The lowest BCUT2D eigenvalue weighted by molar-refractivity contribution is -0.141. The SMILES string of the molecule is CC(CCCNC(=O)NCc1nn[nH]n1)C(=O)O. The summed E-state index contributed by atoms with van der Waals surface area (Å²) in [6.07, 6.45) is 1.14. The van der Waals surface area contributed by atoms with E-state index in [-0.39, 0.29) is 12.6 Å². The number of carbonyl (C=O) groups is 2. The molecule has 0 fully saturated rings. The number of hydrogen-bond donors (Lipinski definition) is 4. The molecule has 1 unspecified atom stereocenters. The first-order valence-corrected chi connectivity index (χ1v) is 5.56. The molecule has 9 heteroatoms. The second-order valence-corrected chi connectivity index (χ2v) is 3.82. The fraction of sp³-hybridized carbons (Fsp3) is 0.667. The van der Waals surface area contributed by atoms with E-state index in [4.69, 9.17) is 5.11 Å². The summed E-state index contributed by atoms with van der Waals surface area (Å²) < 4.78 is 0. The molecule has 0 spiro atoms. The first-order chi connectivity index (χ1) is 8.59. The van der Waals surface area contributed by atoms with Crippen LogP contribution in [0.3, 0.4) is 0 Å². The van der Waals surface area contributed by atoms with Crippen LogP contribution in [0.4, 0.5) is 4.79 Å². The van der Waals surface area contributed by atoms with E-state index >= 15 is 0 Å². The van der Waals surface area contributed by atoms with Crippen molar-refractivity contribution in [3.05, 3.63) is 5.82 Å². The molecule has 1 atom stereocenters. The van der Waals surface area contributed by atoms with E-state index in [0.29, 0.717) is 25.2 Å². The minimum absolute atomic E-state index is 0.188. The summed E-state index contributed by atoms with van der Waals surface area (Å²) in [6.45, 7) is 2.25. The third kappa shape index (κ3) is 5.23. The molecular weight excluding hydrogens is 240 g/mol. The number of hydrogen-bond acceptors (Lipinski definition) is 5. The highest BCUT2D eigenvalue weighted by molar-refractivity contribution is 5.73. The minimum atomic E-state index is -0.823. The molecule has 0 aromatic carbocycles. The molecule has 1 aromatic heterocycles. The molecule has 0 bridgehead atoms. The minimum Gasteiger partial charge on any atom is -0.481 e. The van der Waals surface area contributed by atoms with Gasteiger partial charge in [0.05, 0.1) is 12.5 Å². The van der Waals surface area contributed by atoms with Crippen molar-refractivity contribution in [1.29, 1.82) is 0 Å². The average molecular weight is 256 g/mol. The smallest absolute Gasteiger partial charge is 0.315 e. The summed E-state index contributed by atoms with van der Waals surface area (Å²) in [5.41, 5.74) is 0. The molecule has 0 aliphatic carbocycles. The molecule has 0 saturated carbocycles. The summed E-state index contributed by atoms with van der Waals surface area (Å²) in [5.74, 6) is -0.824. The molecule has 1 aromatic rings. The van der Waals surface area contributed by atoms with Crippen LogP contribution in [-0.2, 0) is 11.3 Å². The van der Waals surface area contributed by atoms with Gasteiger partial charge in [-0.3, -0.25) is 4.79 Å². The number of urea groups is 1. The van der Waals surface area contributed by atoms with Crippen molar-refractivity contribution in [1.82, 2.24) is 31.3 Å². The molecule has 18 heavy (non-hydrogen) atoms. The van der Waals surface area contributed by atoms with Crippen LogP contribution in [0.1, 0.15) is 25.6 Å². The van der Waals surface area contributed by atoms with Gasteiger partial charge in [0.2, 0.25) is 0 Å². The Morgan fingerprint density at radius 2 is 2.22 bits per heavy atom. The normalized spacial score (nSPS) is 11.8. The summed E-state index contributed by atoms with van der Waals surface area (Å²) in [6, 6.07) is -0.345. The van der Waals surface area contributed by atoms with Crippen LogP contribution in [0.25, 0.3) is 0 Å². The van der Waals surface area contributed by atoms with Crippen LogP contribution in [0.5, 0.6) is 0 Å². The first-order valence-electron chi connectivity index (χ1n) is 5.56. The van der Waals surface area contributed by atoms with E-state index in [1.807, 2.05) is 0 Å². The van der Waals surface area contributed by atoms with Gasteiger partial charge in [-0.15, -0.1) is 10.2 Å². The van der Waals surface area contributed by atoms with Crippen molar-refractivity contribution in [3.8, 4) is 0 Å². The first kappa shape index (κ1) is 13.9. The highest BCUT2D eigenvalue weighted by Crippen LogP contribution is 2.03. The lowest BCUT2D eigenvalue weighted by atomic mass is 10.1. The quantitative estimate of drug-likeness (QED) is 0.486. The predicted octanol–water partition coefficient (Wildman–Crippen LogP) is -0.500. The standard InChI is InChI=1S/C9H16N6O3/c1-6(8(16)17)3-2-4-10-9(18)11-5-7-12-14-15-13-7/h6H,2-5H2,1H3,(H,16,17)(H2,10,11,18)(H,12,13,14,15). The Kier molecular flexibility index (Phi) is 5.55. The van der Waals surface area contributed by atoms with Gasteiger partial charge in [-0.05, 0) is 12.8 Å². The fourth-order valence-corrected chi connectivity index (χ4v) is 1.21. The second-order valence-electron chi connectivity index (χ2n) is 3.82. The van der Waals surface area contributed by atoms with Gasteiger partial charge < -0.3 is 15.7 Å². The van der Waals surface area contributed by atoms with Gasteiger partial charge in [0.25, 0.3) is 0 Å². The van der Waals surface area contributed by atoms with Crippen LogP contribution in [0.15, 0.2) is 0 Å². The molecule has 2 amide bonds. The van der Waals surface area contributed by atoms with E-state index in [1.54, 1.807) is 6.92 Å². The Labute approximate surface area is 103 Å². The molecule has 9 nitrogen and oxygen atoms in total. The summed E-state index contributed by atoms with van der Waals surface area (Å²) in [4.78, 5) is 21.8. The van der Waals surface area contributed by atoms with Crippen LogP contribution < -0.4 is 10.6 Å². The Morgan fingerprint density at radius 3 is 2.83 bits per heavy atom. The van der Waals surface area contributed by atoms with E-state index in [1.165, 1.54) is 0 Å². The van der Waals surface area contributed by atoms with Crippen LogP contribution in [0.2, 0.25) is 0 Å². The molecule has 1 rings (SSSR count). The third-order valence-corrected chi connectivity index (χ3v) is 2.32. The van der Waals surface area contributed by atoms with Crippen LogP contribution in [0, 0.1) is 5.92 Å². The van der Waals surface area contributed by atoms with Gasteiger partial charge >= 0.3 is 12.0 Å². The number of carboxylic acid groups (broad SMARTS) is 1. The molecular formula is C9H16N6O3. The third-order valence-electron chi connectivity index (χ3n) is 2.32. The van der Waals surface area contributed by atoms with Gasteiger partial charge in [-0.25, -0.2) is 4.79 Å². The van der Waals surface area contributed by atoms with E-state index in [9.17, 15) is 9.59 Å². The van der Waals surface area contributed by atoms with Gasteiger partial charge in [0.15, 0.2) is 5.82 Å². The summed E-state index contributed by atoms with van der Waals surface area (Å²) >= 11 is 0. The van der Waals surface area contributed by atoms with Crippen molar-refractivity contribution >= 4 is 12.0 Å². The summed E-state index contributed by atoms with van der Waals surface area (Å²) in [7, 11) is 0. The predicted molar refractivity (Wildman–Crippen MR) is 60.4 cm³/mol. The van der Waals surface area contributed by atoms with E-state index < -0.39 is 11.9 Å². The average Bonchev–Trinajstić information content (AvgIpc) is 2.84. The van der Waals surface area contributed by atoms with Crippen molar-refractivity contribution in [3.63, 3.8) is 0 Å². The van der Waals surface area contributed by atoms with Crippen molar-refractivity contribution < 1.29 is 14.7 Å². The number of carboxylic acids is 1. The number of aromatic amines is 1. The van der Waals surface area contributed by atoms with Crippen LogP contribution in [-0.4, -0.2) is 44.3 Å². The molecule has 0 saturated heterocycles. The highest BCUT2D eigenvalue weighted by atomic mass is 16.4. The zero-order valence-electron chi connectivity index (χ0n) is 10.0. The maximum atomic E-state index is 11.3. The lowest BCUT2D eigenvalue weighted by Crippen LogP contribution is -2.36. The molecule has 4 N–H and O–H groups in total. The Bertz CT molecular complexity index is 380. The lowest BCUT2D eigenvalue weighted by Gasteiger charge is -2.07. The van der Waals surface area contributed by atoms with Crippen molar-refractivity contribution in [2.45, 2.75) is 26.3 Å². The summed E-state index contributed by atoms with van der Waals surface area (Å²) in [5, 5.41) is 26.8. The maximum Gasteiger partial charge on any atom is 0.315 e. The molecule has 100 valence electrons. The number of nitrogens with zero attached hydrogens (tertiary/aromatic N) is 3. The van der Waals surface area contributed by atoms with Gasteiger partial charge in [0.1, 0.15) is 0 Å².